The maximum Gasteiger partial charge on any atom is 0.416 e. The van der Waals surface area contributed by atoms with Crippen LogP contribution in [0.5, 0.6) is 5.75 Å². The second kappa shape index (κ2) is 8.00. The zero-order valence-electron chi connectivity index (χ0n) is 12.8. The van der Waals surface area contributed by atoms with Gasteiger partial charge in [0.05, 0.1) is 16.8 Å². The molecule has 9 heteroatoms. The van der Waals surface area contributed by atoms with E-state index in [9.17, 15) is 13.2 Å². The van der Waals surface area contributed by atoms with Crippen molar-refractivity contribution in [3.63, 3.8) is 0 Å². The summed E-state index contributed by atoms with van der Waals surface area (Å²) in [5.41, 5.74) is 0.109. The van der Waals surface area contributed by atoms with Gasteiger partial charge in [0.2, 0.25) is 0 Å². The van der Waals surface area contributed by atoms with E-state index in [0.29, 0.717) is 16.9 Å². The molecule has 25 heavy (non-hydrogen) atoms. The molecule has 5 nitrogen and oxygen atoms in total. The van der Waals surface area contributed by atoms with Crippen molar-refractivity contribution >= 4 is 24.2 Å². The summed E-state index contributed by atoms with van der Waals surface area (Å²) in [6.07, 6.45) is -2.27. The van der Waals surface area contributed by atoms with Gasteiger partial charge in [-0.25, -0.2) is 5.84 Å². The quantitative estimate of drug-likeness (QED) is 0.348. The predicted octanol–water partition coefficient (Wildman–Crippen LogP) is 4.05. The lowest BCUT2D eigenvalue weighted by molar-refractivity contribution is -0.137. The van der Waals surface area contributed by atoms with Crippen LogP contribution in [0.15, 0.2) is 47.6 Å². The van der Waals surface area contributed by atoms with Gasteiger partial charge in [-0.15, -0.1) is 0 Å². The summed E-state index contributed by atoms with van der Waals surface area (Å²) in [5.74, 6) is 5.61. The number of nitrogens with zero attached hydrogens (tertiary/aromatic N) is 2. The van der Waals surface area contributed by atoms with Gasteiger partial charge in [-0.2, -0.15) is 23.4 Å². The molecule has 2 aromatic rings. The zero-order valence-corrected chi connectivity index (χ0v) is 13.6. The fourth-order valence-corrected chi connectivity index (χ4v) is 2.13. The Morgan fingerprint density at radius 1 is 1.24 bits per heavy atom. The molecule has 2 aromatic carbocycles. The summed E-state index contributed by atoms with van der Waals surface area (Å²) < 4.78 is 43.7. The lowest BCUT2D eigenvalue weighted by Gasteiger charge is -2.12. The Bertz CT molecular complexity index is 780. The summed E-state index contributed by atoms with van der Waals surface area (Å²) in [6, 6.07) is 9.76. The first kappa shape index (κ1) is 18.8. The highest BCUT2D eigenvalue weighted by molar-refractivity contribution is 6.34. The average molecular weight is 371 g/mol. The summed E-state index contributed by atoms with van der Waals surface area (Å²) in [6.45, 7) is -0.0756. The number of hydrazone groups is 1. The van der Waals surface area contributed by atoms with Crippen LogP contribution < -0.4 is 10.6 Å². The zero-order chi connectivity index (χ0) is 18.4. The molecule has 0 unspecified atom stereocenters. The molecule has 3 N–H and O–H groups in total. The standard InChI is InChI=1S/C16H14ClF3N4O/c17-15-12(8-23-24(22)10-21)4-2-6-14(15)25-9-11-3-1-5-13(7-11)16(18,19)20/h1-8,10,21H,9,22H2. The van der Waals surface area contributed by atoms with Crippen LogP contribution >= 0.6 is 11.6 Å². The van der Waals surface area contributed by atoms with Crippen molar-refractivity contribution < 1.29 is 17.9 Å². The molecule has 0 aliphatic carbocycles. The van der Waals surface area contributed by atoms with E-state index in [1.54, 1.807) is 18.2 Å². The van der Waals surface area contributed by atoms with Crippen LogP contribution in [0, 0.1) is 5.41 Å². The van der Waals surface area contributed by atoms with Crippen LogP contribution in [0.4, 0.5) is 13.2 Å². The van der Waals surface area contributed by atoms with Crippen LogP contribution in [0.25, 0.3) is 0 Å². The second-order valence-corrected chi connectivity index (χ2v) is 5.28. The van der Waals surface area contributed by atoms with Gasteiger partial charge in [-0.05, 0) is 23.8 Å². The molecule has 0 bridgehead atoms. The first-order chi connectivity index (χ1) is 11.8. The number of hydrazine groups is 1. The minimum atomic E-state index is -4.41. The van der Waals surface area contributed by atoms with E-state index in [1.807, 2.05) is 0 Å². The van der Waals surface area contributed by atoms with Crippen LogP contribution in [0.3, 0.4) is 0 Å². The van der Waals surface area contributed by atoms with E-state index < -0.39 is 11.7 Å². The van der Waals surface area contributed by atoms with Crippen molar-refractivity contribution in [1.82, 2.24) is 5.12 Å². The van der Waals surface area contributed by atoms with Crippen molar-refractivity contribution in [3.05, 3.63) is 64.2 Å². The third kappa shape index (κ3) is 5.20. The molecule has 0 fully saturated rings. The van der Waals surface area contributed by atoms with Gasteiger partial charge in [-0.3, -0.25) is 5.41 Å². The molecule has 0 heterocycles. The number of hydrogen-bond donors (Lipinski definition) is 2. The highest BCUT2D eigenvalue weighted by atomic mass is 35.5. The third-order valence-electron chi connectivity index (χ3n) is 3.10. The van der Waals surface area contributed by atoms with Gasteiger partial charge in [-0.1, -0.05) is 35.9 Å². The van der Waals surface area contributed by atoms with Gasteiger partial charge < -0.3 is 4.74 Å². The van der Waals surface area contributed by atoms with Gasteiger partial charge in [0.25, 0.3) is 0 Å². The minimum absolute atomic E-state index is 0.0756. The van der Waals surface area contributed by atoms with Gasteiger partial charge in [0.15, 0.2) is 0 Å². The first-order valence-corrected chi connectivity index (χ1v) is 7.35. The molecule has 0 aliphatic heterocycles. The molecule has 0 aromatic heterocycles. The highest BCUT2D eigenvalue weighted by Gasteiger charge is 2.30. The number of rotatable bonds is 6. The Labute approximate surface area is 146 Å². The van der Waals surface area contributed by atoms with E-state index >= 15 is 0 Å². The van der Waals surface area contributed by atoms with Crippen molar-refractivity contribution in [1.29, 1.82) is 5.41 Å². The van der Waals surface area contributed by atoms with E-state index in [1.165, 1.54) is 18.3 Å². The molecule has 0 amide bonds. The Morgan fingerprint density at radius 2 is 1.96 bits per heavy atom. The lowest BCUT2D eigenvalue weighted by Crippen LogP contribution is -2.22. The summed E-state index contributed by atoms with van der Waals surface area (Å²) in [7, 11) is 0. The summed E-state index contributed by atoms with van der Waals surface area (Å²) in [4.78, 5) is 0. The monoisotopic (exact) mass is 370 g/mol. The van der Waals surface area contributed by atoms with Crippen molar-refractivity contribution in [3.8, 4) is 5.75 Å². The number of halogens is 4. The fourth-order valence-electron chi connectivity index (χ4n) is 1.90. The number of hydrogen-bond acceptors (Lipinski definition) is 4. The number of benzene rings is 2. The normalized spacial score (nSPS) is 11.6. The molecule has 0 atom stereocenters. The second-order valence-electron chi connectivity index (χ2n) is 4.90. The van der Waals surface area contributed by atoms with Crippen LogP contribution in [-0.2, 0) is 12.8 Å². The summed E-state index contributed by atoms with van der Waals surface area (Å²) >= 11 is 6.19. The molecule has 0 radical (unpaired) electrons. The molecule has 0 aliphatic rings. The lowest BCUT2D eigenvalue weighted by atomic mass is 10.1. The molecular formula is C16H14ClF3N4O. The van der Waals surface area contributed by atoms with Crippen molar-refractivity contribution in [2.75, 3.05) is 0 Å². The van der Waals surface area contributed by atoms with Gasteiger partial charge in [0.1, 0.15) is 18.7 Å². The maximum absolute atomic E-state index is 12.7. The molecule has 0 saturated carbocycles. The molecule has 132 valence electrons. The van der Waals surface area contributed by atoms with E-state index in [-0.39, 0.29) is 11.6 Å². The smallest absolute Gasteiger partial charge is 0.416 e. The topological polar surface area (TPSA) is 74.7 Å². The molecule has 2 rings (SSSR count). The van der Waals surface area contributed by atoms with Gasteiger partial charge >= 0.3 is 6.18 Å². The van der Waals surface area contributed by atoms with E-state index in [0.717, 1.165) is 23.6 Å². The van der Waals surface area contributed by atoms with E-state index in [2.05, 4.69) is 5.10 Å². The molecule has 0 spiro atoms. The summed E-state index contributed by atoms with van der Waals surface area (Å²) in [5, 5.41) is 11.7. The fraction of sp³-hybridized carbons (Fsp3) is 0.125. The van der Waals surface area contributed by atoms with Crippen molar-refractivity contribution in [2.45, 2.75) is 12.8 Å². The van der Waals surface area contributed by atoms with Crippen LogP contribution in [0.2, 0.25) is 5.02 Å². The van der Waals surface area contributed by atoms with Crippen LogP contribution in [0.1, 0.15) is 16.7 Å². The minimum Gasteiger partial charge on any atom is -0.487 e. The average Bonchev–Trinajstić information content (AvgIpc) is 2.59. The highest BCUT2D eigenvalue weighted by Crippen LogP contribution is 2.31. The largest absolute Gasteiger partial charge is 0.487 e. The number of alkyl halides is 3. The molecular weight excluding hydrogens is 357 g/mol. The van der Waals surface area contributed by atoms with Crippen molar-refractivity contribution in [2.24, 2.45) is 10.9 Å². The first-order valence-electron chi connectivity index (χ1n) is 6.97. The molecule has 0 saturated heterocycles. The number of nitrogens with one attached hydrogen (secondary N) is 1. The Kier molecular flexibility index (Phi) is 6.00. The Hall–Kier alpha value is -2.58. The van der Waals surface area contributed by atoms with E-state index in [4.69, 9.17) is 27.6 Å². The Balaban J connectivity index is 2.14. The van der Waals surface area contributed by atoms with Crippen LogP contribution in [-0.4, -0.2) is 17.7 Å². The van der Waals surface area contributed by atoms with Gasteiger partial charge in [0, 0.05) is 5.56 Å². The Morgan fingerprint density at radius 3 is 2.64 bits per heavy atom. The number of nitrogens with two attached hydrogens (primary N) is 1. The third-order valence-corrected chi connectivity index (χ3v) is 3.51. The maximum atomic E-state index is 12.7. The SMILES string of the molecule is N=CN(N)N=Cc1cccc(OCc2cccc(C(F)(F)F)c2)c1Cl. The predicted molar refractivity (Wildman–Crippen MR) is 89.6 cm³/mol. The number of ether oxygens (including phenoxy) is 1.